The molecule has 0 aromatic heterocycles. The summed E-state index contributed by atoms with van der Waals surface area (Å²) in [4.78, 5) is 20.1. The van der Waals surface area contributed by atoms with Gasteiger partial charge >= 0.3 is 89.0 Å². The molecule has 2 aromatic carbocycles. The van der Waals surface area contributed by atoms with Crippen LogP contribution in [0.15, 0.2) is 60.7 Å². The van der Waals surface area contributed by atoms with Crippen molar-refractivity contribution in [3.05, 3.63) is 60.7 Å². The van der Waals surface area contributed by atoms with Crippen molar-refractivity contribution >= 4 is 63.8 Å². The number of carboxylic acid groups (broad SMARTS) is 2. The second-order valence-electron chi connectivity index (χ2n) is 10.2. The molecule has 0 N–H and O–H groups in total. The Morgan fingerprint density at radius 1 is 0.615 bits per heavy atom. The second kappa shape index (κ2) is 27.1. The van der Waals surface area contributed by atoms with E-state index in [0.717, 1.165) is 36.2 Å². The summed E-state index contributed by atoms with van der Waals surface area (Å²) in [6.45, 7) is 8.91. The molecular weight excluding hydrogens is 631 g/mol. The number of rotatable bonds is 18. The second-order valence-corrected chi connectivity index (χ2v) is 16.4. The number of carbonyl (C=O) groups is 2. The molecule has 0 unspecified atom stereocenters. The summed E-state index contributed by atoms with van der Waals surface area (Å²) >= 11 is 2.40. The van der Waals surface area contributed by atoms with E-state index in [9.17, 15) is 19.8 Å². The summed E-state index contributed by atoms with van der Waals surface area (Å²) in [5, 5.41) is 20.1. The predicted molar refractivity (Wildman–Crippen MR) is 169 cm³/mol. The first-order chi connectivity index (χ1) is 18.7. The van der Waals surface area contributed by atoms with Crippen LogP contribution in [0.25, 0.3) is 0 Å². The van der Waals surface area contributed by atoms with Gasteiger partial charge < -0.3 is 19.8 Å². The van der Waals surface area contributed by atoms with Crippen molar-refractivity contribution in [1.82, 2.24) is 0 Å². The van der Waals surface area contributed by atoms with Crippen molar-refractivity contribution in [3.63, 3.8) is 0 Å². The molecule has 0 saturated heterocycles. The van der Waals surface area contributed by atoms with Crippen LogP contribution in [0, 0.1) is 11.8 Å². The van der Waals surface area contributed by atoms with Crippen molar-refractivity contribution in [1.29, 1.82) is 0 Å². The summed E-state index contributed by atoms with van der Waals surface area (Å²) in [6, 6.07) is 21.6. The monoisotopic (exact) mass is 680 g/mol. The third-order valence-electron chi connectivity index (χ3n) is 5.42. The van der Waals surface area contributed by atoms with Gasteiger partial charge in [-0.2, -0.15) is 23.5 Å². The molecule has 0 amide bonds. The molecule has 0 spiro atoms. The molecular formula is C32H48O4S2Sn. The minimum atomic E-state index is -0.952. The van der Waals surface area contributed by atoms with Gasteiger partial charge in [0.25, 0.3) is 0 Å². The summed E-state index contributed by atoms with van der Waals surface area (Å²) in [5.74, 6) is 1.86. The van der Waals surface area contributed by atoms with Crippen molar-refractivity contribution < 1.29 is 19.8 Å². The summed E-state index contributed by atoms with van der Waals surface area (Å²) in [6.07, 6.45) is 9.80. The van der Waals surface area contributed by atoms with E-state index in [1.54, 1.807) is 0 Å². The van der Waals surface area contributed by atoms with Crippen LogP contribution in [0.5, 0.6) is 0 Å². The molecule has 216 valence electrons. The molecule has 0 saturated carbocycles. The molecule has 0 aliphatic heterocycles. The Hall–Kier alpha value is -1.12. The average Bonchev–Trinajstić information content (AvgIpc) is 2.89. The zero-order chi connectivity index (χ0) is 29.1. The van der Waals surface area contributed by atoms with E-state index in [1.165, 1.54) is 69.2 Å². The molecule has 39 heavy (non-hydrogen) atoms. The third-order valence-corrected chi connectivity index (χ3v) is 11.0. The molecule has 0 bridgehead atoms. The normalized spacial score (nSPS) is 10.2. The zero-order valence-electron chi connectivity index (χ0n) is 24.4. The average molecular weight is 680 g/mol. The van der Waals surface area contributed by atoms with Crippen molar-refractivity contribution in [3.8, 4) is 0 Å². The van der Waals surface area contributed by atoms with Crippen molar-refractivity contribution in [2.45, 2.75) is 79.1 Å². The first-order valence-corrected chi connectivity index (χ1v) is 19.3. The van der Waals surface area contributed by atoms with E-state index >= 15 is 0 Å². The topological polar surface area (TPSA) is 80.3 Å². The van der Waals surface area contributed by atoms with Crippen LogP contribution in [0.4, 0.5) is 0 Å². The molecule has 7 heteroatoms. The number of thioether (sulfide) groups is 2. The molecule has 0 heterocycles. The van der Waals surface area contributed by atoms with Crippen LogP contribution in [0.3, 0.4) is 0 Å². The van der Waals surface area contributed by atoms with Gasteiger partial charge in [-0.15, -0.1) is 0 Å². The van der Waals surface area contributed by atoms with Crippen molar-refractivity contribution in [2.24, 2.45) is 11.8 Å². The van der Waals surface area contributed by atoms with E-state index in [2.05, 4.69) is 88.4 Å². The van der Waals surface area contributed by atoms with E-state index < -0.39 is 33.1 Å². The number of carboxylic acids is 2. The van der Waals surface area contributed by atoms with Gasteiger partial charge in [0.15, 0.2) is 0 Å². The van der Waals surface area contributed by atoms with Crippen LogP contribution >= 0.6 is 23.5 Å². The molecule has 0 fully saturated rings. The molecule has 0 aliphatic carbocycles. The standard InChI is InChI=1S/2C10H20O2S.2C6H5.Sn/c2*1-9(2)6-4-3-5-7-13-8-10(11)12;2*1-2-4-6-5-3-1;/h2*9H,3-8H2,1-2H3,(H,11,12);2*1-5H;/q;;;;+2/p-2. The Kier molecular flexibility index (Phi) is 26.3. The predicted octanol–water partition coefficient (Wildman–Crippen LogP) is 4.71. The molecule has 2 aromatic rings. The number of unbranched alkanes of at least 4 members (excludes halogenated alkanes) is 4. The third kappa shape index (κ3) is 29.7. The van der Waals surface area contributed by atoms with Gasteiger partial charge in [0.1, 0.15) is 0 Å². The van der Waals surface area contributed by atoms with Gasteiger partial charge in [-0.25, -0.2) is 0 Å². The Balaban J connectivity index is 0.000000555. The Labute approximate surface area is 256 Å². The fourth-order valence-corrected chi connectivity index (χ4v) is 7.83. The van der Waals surface area contributed by atoms with E-state index in [-0.39, 0.29) is 11.5 Å². The molecule has 4 nitrogen and oxygen atoms in total. The molecule has 0 atom stereocenters. The van der Waals surface area contributed by atoms with Gasteiger partial charge in [-0.05, 0) is 36.2 Å². The minimum absolute atomic E-state index is 0.143. The van der Waals surface area contributed by atoms with Gasteiger partial charge in [-0.1, -0.05) is 66.2 Å². The van der Waals surface area contributed by atoms with E-state index in [0.29, 0.717) is 0 Å². The first kappa shape index (κ1) is 37.9. The Morgan fingerprint density at radius 2 is 0.974 bits per heavy atom. The summed E-state index contributed by atoms with van der Waals surface area (Å²) in [5.41, 5.74) is 0. The maximum absolute atomic E-state index is 10.0. The van der Waals surface area contributed by atoms with Gasteiger partial charge in [-0.3, -0.25) is 0 Å². The number of carbonyl (C=O) groups excluding carboxylic acids is 2. The van der Waals surface area contributed by atoms with Crippen LogP contribution in [-0.4, -0.2) is 56.1 Å². The number of aliphatic carboxylic acids is 2. The van der Waals surface area contributed by atoms with Gasteiger partial charge in [0.05, 0.1) is 11.9 Å². The zero-order valence-corrected chi connectivity index (χ0v) is 28.9. The SMILES string of the molecule is CC(C)CCCCCSCC(=O)[O-].CC(C)CCCCCSCC(=O)[O-].c1cc[c]([Sn+2][c]2ccccc2)cc1. The summed E-state index contributed by atoms with van der Waals surface area (Å²) < 4.78 is 3.08. The van der Waals surface area contributed by atoms with E-state index in [4.69, 9.17) is 0 Å². The summed E-state index contributed by atoms with van der Waals surface area (Å²) in [7, 11) is 0. The fourth-order valence-electron chi connectivity index (χ4n) is 3.39. The van der Waals surface area contributed by atoms with E-state index in [1.807, 2.05) is 0 Å². The molecule has 2 rings (SSSR count). The van der Waals surface area contributed by atoms with Crippen LogP contribution in [-0.2, 0) is 9.59 Å². The first-order valence-electron chi connectivity index (χ1n) is 14.1. The Bertz CT molecular complexity index is 763. The molecule has 0 aliphatic rings. The van der Waals surface area contributed by atoms with Crippen molar-refractivity contribution in [2.75, 3.05) is 23.0 Å². The fraction of sp³-hybridized carbons (Fsp3) is 0.562. The Morgan fingerprint density at radius 3 is 1.28 bits per heavy atom. The van der Waals surface area contributed by atoms with Crippen LogP contribution in [0.2, 0.25) is 0 Å². The quantitative estimate of drug-likeness (QED) is 0.168. The van der Waals surface area contributed by atoms with Crippen LogP contribution in [0.1, 0.15) is 79.1 Å². The number of hydrogen-bond acceptors (Lipinski definition) is 6. The number of hydrogen-bond donors (Lipinski definition) is 0. The maximum atomic E-state index is 10.0. The van der Waals surface area contributed by atoms with Gasteiger partial charge in [0.2, 0.25) is 0 Å². The van der Waals surface area contributed by atoms with Crippen LogP contribution < -0.4 is 17.4 Å². The van der Waals surface area contributed by atoms with Gasteiger partial charge in [0, 0.05) is 11.5 Å². The molecule has 0 radical (unpaired) electrons. The number of benzene rings is 2.